The number of ether oxygens (including phenoxy) is 2. The Labute approximate surface area is 204 Å². The van der Waals surface area contributed by atoms with E-state index in [4.69, 9.17) is 9.47 Å². The molecule has 2 aliphatic rings. The molecule has 0 bridgehead atoms. The molecule has 186 valence electrons. The van der Waals surface area contributed by atoms with Gasteiger partial charge in [-0.05, 0) is 24.6 Å². The number of aryl methyl sites for hydroxylation is 1. The molecule has 1 N–H and O–H groups in total. The van der Waals surface area contributed by atoms with E-state index in [0.29, 0.717) is 36.2 Å². The van der Waals surface area contributed by atoms with Gasteiger partial charge in [-0.1, -0.05) is 0 Å². The molecular weight excluding hydrogens is 476 g/mol. The standard InChI is InChI=1S/C24H21F2N5O5/c1-12-3-21(27-8-13(12)11-32)36-16-6-15-9-31(24(33)34)23-20(30(15)10-16)7-19(28-29-23)17-4-14(25)5-18(26)22(17)35-2/h3-5,7-8,11,15-16H,6,9-10H2,1-2H3,(H,33,34)/t15-,16-/m1/s1. The van der Waals surface area contributed by atoms with E-state index in [0.717, 1.165) is 22.8 Å². The second-order valence-electron chi connectivity index (χ2n) is 8.58. The number of fused-ring (bicyclic) bond motifs is 3. The number of aromatic nitrogens is 3. The summed E-state index contributed by atoms with van der Waals surface area (Å²) in [5.41, 5.74) is 1.81. The van der Waals surface area contributed by atoms with E-state index in [9.17, 15) is 23.5 Å². The zero-order chi connectivity index (χ0) is 25.6. The number of hydrogen-bond donors (Lipinski definition) is 1. The lowest BCUT2D eigenvalue weighted by molar-refractivity contribution is 0.112. The Hall–Kier alpha value is -4.35. The van der Waals surface area contributed by atoms with Crippen LogP contribution >= 0.6 is 0 Å². The quantitative estimate of drug-likeness (QED) is 0.529. The predicted octanol–water partition coefficient (Wildman–Crippen LogP) is 3.47. The van der Waals surface area contributed by atoms with E-state index in [1.54, 1.807) is 19.1 Å². The maximum absolute atomic E-state index is 14.3. The van der Waals surface area contributed by atoms with Crippen LogP contribution in [0.5, 0.6) is 11.6 Å². The second-order valence-corrected chi connectivity index (χ2v) is 8.58. The minimum atomic E-state index is -1.20. The number of halogens is 2. The minimum Gasteiger partial charge on any atom is -0.493 e. The fraction of sp³-hybridized carbons (Fsp3) is 0.292. The van der Waals surface area contributed by atoms with E-state index < -0.39 is 17.7 Å². The lowest BCUT2D eigenvalue weighted by Crippen LogP contribution is -2.48. The van der Waals surface area contributed by atoms with Gasteiger partial charge in [0.1, 0.15) is 11.9 Å². The van der Waals surface area contributed by atoms with E-state index in [-0.39, 0.29) is 41.5 Å². The van der Waals surface area contributed by atoms with Crippen LogP contribution in [0, 0.1) is 18.6 Å². The molecule has 12 heteroatoms. The second kappa shape index (κ2) is 9.02. The Morgan fingerprint density at radius 3 is 2.69 bits per heavy atom. The van der Waals surface area contributed by atoms with Gasteiger partial charge in [-0.25, -0.2) is 18.6 Å². The van der Waals surface area contributed by atoms with Crippen LogP contribution in [-0.4, -0.2) is 65.0 Å². The molecule has 1 saturated heterocycles. The first kappa shape index (κ1) is 23.4. The predicted molar refractivity (Wildman–Crippen MR) is 124 cm³/mol. The smallest absolute Gasteiger partial charge is 0.413 e. The third-order valence-corrected chi connectivity index (χ3v) is 6.35. The summed E-state index contributed by atoms with van der Waals surface area (Å²) in [5, 5.41) is 17.9. The highest BCUT2D eigenvalue weighted by Gasteiger charge is 2.42. The molecule has 2 atom stereocenters. The highest BCUT2D eigenvalue weighted by atomic mass is 19.1. The summed E-state index contributed by atoms with van der Waals surface area (Å²) in [6.45, 7) is 2.31. The highest BCUT2D eigenvalue weighted by molar-refractivity contribution is 5.92. The first-order chi connectivity index (χ1) is 17.3. The monoisotopic (exact) mass is 497 g/mol. The van der Waals surface area contributed by atoms with Crippen molar-refractivity contribution in [2.75, 3.05) is 30.0 Å². The molecule has 0 aliphatic carbocycles. The SMILES string of the molecule is COc1c(F)cc(F)cc1-c1cc2c(nn1)N(C(=O)O)C[C@H]1C[C@@H](Oc3cc(C)c(C=O)cn3)CN21. The van der Waals surface area contributed by atoms with E-state index >= 15 is 0 Å². The van der Waals surface area contributed by atoms with Crippen LogP contribution in [0.25, 0.3) is 11.3 Å². The van der Waals surface area contributed by atoms with Crippen molar-refractivity contribution in [3.8, 4) is 22.9 Å². The van der Waals surface area contributed by atoms with Gasteiger partial charge >= 0.3 is 6.09 Å². The fourth-order valence-electron chi connectivity index (χ4n) is 4.66. The average Bonchev–Trinajstić information content (AvgIpc) is 3.25. The maximum atomic E-state index is 14.3. The lowest BCUT2D eigenvalue weighted by atomic mass is 10.1. The van der Waals surface area contributed by atoms with Crippen LogP contribution < -0.4 is 19.3 Å². The van der Waals surface area contributed by atoms with Gasteiger partial charge in [-0.2, -0.15) is 0 Å². The third-order valence-electron chi connectivity index (χ3n) is 6.35. The molecule has 1 aromatic carbocycles. The molecule has 2 aromatic heterocycles. The molecule has 10 nitrogen and oxygen atoms in total. The van der Waals surface area contributed by atoms with Crippen LogP contribution in [0.4, 0.5) is 25.1 Å². The number of rotatable bonds is 5. The lowest BCUT2D eigenvalue weighted by Gasteiger charge is -2.37. The van der Waals surface area contributed by atoms with Crippen molar-refractivity contribution >= 4 is 23.9 Å². The van der Waals surface area contributed by atoms with Crippen molar-refractivity contribution < 1.29 is 33.0 Å². The Morgan fingerprint density at radius 1 is 1.19 bits per heavy atom. The molecule has 0 saturated carbocycles. The number of nitrogens with zero attached hydrogens (tertiary/aromatic N) is 5. The van der Waals surface area contributed by atoms with Crippen molar-refractivity contribution in [1.29, 1.82) is 0 Å². The third kappa shape index (κ3) is 4.04. The maximum Gasteiger partial charge on any atom is 0.413 e. The average molecular weight is 497 g/mol. The summed E-state index contributed by atoms with van der Waals surface area (Å²) in [6, 6.07) is 4.77. The molecule has 4 heterocycles. The Balaban J connectivity index is 1.50. The first-order valence-electron chi connectivity index (χ1n) is 11.1. The van der Waals surface area contributed by atoms with Crippen LogP contribution in [0.2, 0.25) is 0 Å². The van der Waals surface area contributed by atoms with E-state index in [2.05, 4.69) is 15.2 Å². The van der Waals surface area contributed by atoms with Gasteiger partial charge in [0, 0.05) is 30.3 Å². The molecule has 36 heavy (non-hydrogen) atoms. The van der Waals surface area contributed by atoms with Crippen LogP contribution in [0.15, 0.2) is 30.5 Å². The fourth-order valence-corrected chi connectivity index (χ4v) is 4.66. The number of amides is 1. The Morgan fingerprint density at radius 2 is 2.00 bits per heavy atom. The molecule has 2 aliphatic heterocycles. The highest BCUT2D eigenvalue weighted by Crippen LogP contribution is 2.42. The molecular formula is C24H21F2N5O5. The van der Waals surface area contributed by atoms with Crippen LogP contribution in [0.1, 0.15) is 22.3 Å². The number of carboxylic acid groups (broad SMARTS) is 1. The number of hydrogen-bond acceptors (Lipinski definition) is 8. The number of aldehydes is 1. The minimum absolute atomic E-state index is 0.0521. The van der Waals surface area contributed by atoms with Gasteiger partial charge in [0.25, 0.3) is 0 Å². The topological polar surface area (TPSA) is 118 Å². The molecule has 3 aromatic rings. The van der Waals surface area contributed by atoms with Crippen molar-refractivity contribution in [1.82, 2.24) is 15.2 Å². The Bertz CT molecular complexity index is 1370. The normalized spacial score (nSPS) is 18.4. The Kier molecular flexibility index (Phi) is 5.86. The summed E-state index contributed by atoms with van der Waals surface area (Å²) in [5.74, 6) is -1.44. The summed E-state index contributed by atoms with van der Waals surface area (Å²) in [4.78, 5) is 30.3. The largest absolute Gasteiger partial charge is 0.493 e. The van der Waals surface area contributed by atoms with Gasteiger partial charge in [-0.3, -0.25) is 9.69 Å². The van der Waals surface area contributed by atoms with Gasteiger partial charge in [0.05, 0.1) is 43.2 Å². The summed E-state index contributed by atoms with van der Waals surface area (Å²) in [7, 11) is 1.26. The summed E-state index contributed by atoms with van der Waals surface area (Å²) >= 11 is 0. The van der Waals surface area contributed by atoms with Crippen molar-refractivity contribution in [3.63, 3.8) is 0 Å². The van der Waals surface area contributed by atoms with Crippen molar-refractivity contribution in [3.05, 3.63) is 53.2 Å². The van der Waals surface area contributed by atoms with Gasteiger partial charge in [-0.15, -0.1) is 10.2 Å². The number of carbonyl (C=O) groups excluding carboxylic acids is 1. The zero-order valence-electron chi connectivity index (χ0n) is 19.3. The van der Waals surface area contributed by atoms with Crippen molar-refractivity contribution in [2.24, 2.45) is 0 Å². The van der Waals surface area contributed by atoms with Crippen LogP contribution in [0.3, 0.4) is 0 Å². The van der Waals surface area contributed by atoms with Crippen molar-refractivity contribution in [2.45, 2.75) is 25.5 Å². The number of pyridine rings is 1. The van der Waals surface area contributed by atoms with Gasteiger partial charge in [0.15, 0.2) is 23.7 Å². The van der Waals surface area contributed by atoms with E-state index in [1.807, 2.05) is 4.90 Å². The number of anilines is 2. The number of carbonyl (C=O) groups is 2. The molecule has 0 radical (unpaired) electrons. The number of methoxy groups -OCH3 is 1. The first-order valence-corrected chi connectivity index (χ1v) is 11.1. The number of benzene rings is 1. The van der Waals surface area contributed by atoms with E-state index in [1.165, 1.54) is 13.3 Å². The summed E-state index contributed by atoms with van der Waals surface area (Å²) < 4.78 is 39.5. The molecule has 1 fully saturated rings. The molecule has 0 spiro atoms. The molecule has 1 amide bonds. The zero-order valence-corrected chi connectivity index (χ0v) is 19.3. The van der Waals surface area contributed by atoms with Gasteiger partial charge in [0.2, 0.25) is 5.88 Å². The van der Waals surface area contributed by atoms with Crippen LogP contribution in [-0.2, 0) is 0 Å². The molecule has 0 unspecified atom stereocenters. The van der Waals surface area contributed by atoms with Gasteiger partial charge < -0.3 is 19.5 Å². The summed E-state index contributed by atoms with van der Waals surface area (Å²) in [6.07, 6.45) is 1.13. The molecule has 5 rings (SSSR count).